The number of carbonyl (C=O) groups excluding carboxylic acids is 2. The van der Waals surface area contributed by atoms with Gasteiger partial charge in [0.25, 0.3) is 12.1 Å². The van der Waals surface area contributed by atoms with E-state index in [1.54, 1.807) is 29.2 Å². The fraction of sp³-hybridized carbons (Fsp3) is 0.240. The molecule has 9 nitrogen and oxygen atoms in total. The van der Waals surface area contributed by atoms with Crippen LogP contribution in [0.4, 0.5) is 11.6 Å². The standard InChI is InChI=1S/C25H23ClN6O3S/c26-19-11-9-18(10-12-19)15-21-24(34)32(20-7-3-1-4-8-20)25(27-21)36-17-22(33)28-23-16-31(29-35-23)30-13-5-2-6-14-30/h1,3-4,7-12,15-16H,2,5-6,13-14,17H2/p+1/b21-15+. The van der Waals surface area contributed by atoms with Crippen LogP contribution in [0.15, 0.2) is 76.0 Å². The van der Waals surface area contributed by atoms with Gasteiger partial charge in [-0.2, -0.15) is 5.01 Å². The number of thioether (sulfide) groups is 1. The van der Waals surface area contributed by atoms with Crippen LogP contribution in [-0.2, 0) is 9.59 Å². The van der Waals surface area contributed by atoms with Crippen LogP contribution < -0.4 is 20.0 Å². The average molecular weight is 524 g/mol. The highest BCUT2D eigenvalue weighted by Crippen LogP contribution is 2.29. The third-order valence-electron chi connectivity index (χ3n) is 5.69. The summed E-state index contributed by atoms with van der Waals surface area (Å²) in [6.45, 7) is 1.80. The second-order valence-electron chi connectivity index (χ2n) is 8.29. The number of aliphatic imine (C=N–C) groups is 1. The van der Waals surface area contributed by atoms with E-state index in [-0.39, 0.29) is 29.1 Å². The number of aromatic nitrogens is 2. The minimum Gasteiger partial charge on any atom is -0.288 e. The van der Waals surface area contributed by atoms with Crippen molar-refractivity contribution in [2.24, 2.45) is 4.99 Å². The minimum atomic E-state index is -0.291. The molecule has 0 atom stereocenters. The van der Waals surface area contributed by atoms with Gasteiger partial charge in [-0.25, -0.2) is 4.99 Å². The summed E-state index contributed by atoms with van der Waals surface area (Å²) in [7, 11) is 0. The number of piperidine rings is 1. The van der Waals surface area contributed by atoms with Crippen molar-refractivity contribution >= 4 is 58.0 Å². The molecule has 0 aliphatic carbocycles. The molecule has 0 spiro atoms. The van der Waals surface area contributed by atoms with E-state index < -0.39 is 0 Å². The van der Waals surface area contributed by atoms with Gasteiger partial charge in [0.15, 0.2) is 5.17 Å². The summed E-state index contributed by atoms with van der Waals surface area (Å²) in [5.74, 6) is -0.260. The van der Waals surface area contributed by atoms with E-state index in [1.165, 1.54) is 23.1 Å². The Morgan fingerprint density at radius 3 is 2.61 bits per heavy atom. The number of para-hydroxylation sites is 1. The SMILES string of the molecule is O=C(CSC1=N/C(=C/c2ccc(Cl)cc2)C(=O)N1c1ccccc1)Nc1c[n+](N2CCCCC2)no1. The van der Waals surface area contributed by atoms with Crippen molar-refractivity contribution in [1.82, 2.24) is 5.27 Å². The maximum atomic E-state index is 13.2. The van der Waals surface area contributed by atoms with Gasteiger partial charge in [-0.05, 0) is 55.2 Å². The van der Waals surface area contributed by atoms with Gasteiger partial charge in [0.1, 0.15) is 5.70 Å². The molecule has 1 aromatic heterocycles. The van der Waals surface area contributed by atoms with E-state index in [1.807, 2.05) is 42.5 Å². The number of halogens is 1. The molecular weight excluding hydrogens is 500 g/mol. The Morgan fingerprint density at radius 2 is 1.86 bits per heavy atom. The minimum absolute atomic E-state index is 0.0358. The lowest BCUT2D eigenvalue weighted by molar-refractivity contribution is -0.759. The summed E-state index contributed by atoms with van der Waals surface area (Å²) in [5, 5.41) is 9.83. The van der Waals surface area contributed by atoms with E-state index >= 15 is 0 Å². The number of rotatable bonds is 6. The first kappa shape index (κ1) is 24.1. The Morgan fingerprint density at radius 1 is 1.11 bits per heavy atom. The quantitative estimate of drug-likeness (QED) is 0.389. The maximum Gasteiger partial charge on any atom is 0.305 e. The van der Waals surface area contributed by atoms with E-state index in [9.17, 15) is 9.59 Å². The number of hydrogen-bond acceptors (Lipinski definition) is 7. The Balaban J connectivity index is 1.29. The third kappa shape index (κ3) is 5.60. The lowest BCUT2D eigenvalue weighted by atomic mass is 10.2. The zero-order valence-corrected chi connectivity index (χ0v) is 20.9. The van der Waals surface area contributed by atoms with Crippen LogP contribution in [0, 0.1) is 0 Å². The molecule has 1 saturated heterocycles. The molecule has 0 radical (unpaired) electrons. The predicted molar refractivity (Wildman–Crippen MR) is 140 cm³/mol. The number of benzene rings is 2. The lowest BCUT2D eigenvalue weighted by Crippen LogP contribution is -2.60. The molecular formula is C25H24ClN6O3S+. The number of carbonyl (C=O) groups is 2. The zero-order chi connectivity index (χ0) is 24.9. The lowest BCUT2D eigenvalue weighted by Gasteiger charge is -2.17. The molecule has 0 bridgehead atoms. The molecule has 3 heterocycles. The summed E-state index contributed by atoms with van der Waals surface area (Å²) in [5.41, 5.74) is 1.75. The van der Waals surface area contributed by atoms with Gasteiger partial charge < -0.3 is 0 Å². The topological polar surface area (TPSA) is 94.9 Å². The first-order valence-corrected chi connectivity index (χ1v) is 13.0. The highest BCUT2D eigenvalue weighted by Gasteiger charge is 2.32. The predicted octanol–water partition coefficient (Wildman–Crippen LogP) is 3.85. The van der Waals surface area contributed by atoms with Crippen LogP contribution in [-0.4, -0.2) is 41.1 Å². The van der Waals surface area contributed by atoms with Gasteiger partial charge in [0, 0.05) is 5.02 Å². The number of anilines is 2. The number of amidine groups is 1. The van der Waals surface area contributed by atoms with Crippen LogP contribution in [0.25, 0.3) is 6.08 Å². The summed E-state index contributed by atoms with van der Waals surface area (Å²) < 4.78 is 5.28. The van der Waals surface area contributed by atoms with Crippen molar-refractivity contribution in [1.29, 1.82) is 0 Å². The van der Waals surface area contributed by atoms with Crippen LogP contribution in [0.1, 0.15) is 24.8 Å². The van der Waals surface area contributed by atoms with E-state index in [0.29, 0.717) is 15.9 Å². The van der Waals surface area contributed by atoms with Crippen molar-refractivity contribution in [3.05, 3.63) is 77.1 Å². The number of amides is 2. The molecule has 2 aliphatic heterocycles. The largest absolute Gasteiger partial charge is 0.305 e. The fourth-order valence-electron chi connectivity index (χ4n) is 3.93. The Kier molecular flexibility index (Phi) is 7.33. The second kappa shape index (κ2) is 11.0. The van der Waals surface area contributed by atoms with Gasteiger partial charge in [-0.1, -0.05) is 53.7 Å². The van der Waals surface area contributed by atoms with Gasteiger partial charge >= 0.3 is 5.88 Å². The molecule has 2 amide bonds. The molecule has 184 valence electrons. The van der Waals surface area contributed by atoms with Gasteiger partial charge in [-0.15, -0.1) is 0 Å². The average Bonchev–Trinajstić information content (AvgIpc) is 3.49. The number of nitrogens with one attached hydrogen (secondary N) is 1. The van der Waals surface area contributed by atoms with E-state index in [2.05, 4.69) is 20.6 Å². The number of hydrogen-bond donors (Lipinski definition) is 1. The maximum absolute atomic E-state index is 13.2. The van der Waals surface area contributed by atoms with Crippen molar-refractivity contribution in [2.45, 2.75) is 19.3 Å². The molecule has 3 aromatic rings. The Hall–Kier alpha value is -3.63. The first-order chi connectivity index (χ1) is 17.6. The van der Waals surface area contributed by atoms with Gasteiger partial charge in [0.05, 0.1) is 29.3 Å². The van der Waals surface area contributed by atoms with Crippen LogP contribution in [0.5, 0.6) is 0 Å². The summed E-state index contributed by atoms with van der Waals surface area (Å²) in [4.78, 5) is 33.6. The third-order valence-corrected chi connectivity index (χ3v) is 6.88. The highest BCUT2D eigenvalue weighted by molar-refractivity contribution is 8.14. The number of nitrogens with zero attached hydrogens (tertiary/aromatic N) is 5. The van der Waals surface area contributed by atoms with Crippen LogP contribution >= 0.6 is 23.4 Å². The molecule has 2 aliphatic rings. The molecule has 0 saturated carbocycles. The summed E-state index contributed by atoms with van der Waals surface area (Å²) in [6.07, 6.45) is 6.78. The molecule has 36 heavy (non-hydrogen) atoms. The molecule has 5 rings (SSSR count). The molecule has 1 fully saturated rings. The Bertz CT molecular complexity index is 1300. The van der Waals surface area contributed by atoms with E-state index in [4.69, 9.17) is 16.1 Å². The normalized spacial score (nSPS) is 17.0. The van der Waals surface area contributed by atoms with Crippen LogP contribution in [0.3, 0.4) is 0 Å². The van der Waals surface area contributed by atoms with E-state index in [0.717, 1.165) is 31.5 Å². The monoisotopic (exact) mass is 523 g/mol. The molecule has 2 aromatic carbocycles. The van der Waals surface area contributed by atoms with Crippen molar-refractivity contribution in [3.8, 4) is 0 Å². The summed E-state index contributed by atoms with van der Waals surface area (Å²) >= 11 is 7.15. The highest BCUT2D eigenvalue weighted by atomic mass is 35.5. The second-order valence-corrected chi connectivity index (χ2v) is 9.67. The fourth-order valence-corrected chi connectivity index (χ4v) is 4.87. The van der Waals surface area contributed by atoms with Gasteiger partial charge in [0.2, 0.25) is 11.2 Å². The molecule has 11 heteroatoms. The zero-order valence-electron chi connectivity index (χ0n) is 19.3. The smallest absolute Gasteiger partial charge is 0.288 e. The van der Waals surface area contributed by atoms with Crippen LogP contribution in [0.2, 0.25) is 5.02 Å². The first-order valence-electron chi connectivity index (χ1n) is 11.6. The summed E-state index contributed by atoms with van der Waals surface area (Å²) in [6, 6.07) is 16.4. The van der Waals surface area contributed by atoms with Gasteiger partial charge in [-0.3, -0.25) is 24.3 Å². The Labute approximate surface area is 217 Å². The van der Waals surface area contributed by atoms with Crippen molar-refractivity contribution < 1.29 is 18.9 Å². The van der Waals surface area contributed by atoms with Crippen molar-refractivity contribution in [3.63, 3.8) is 0 Å². The molecule has 0 unspecified atom stereocenters. The van der Waals surface area contributed by atoms with Crippen molar-refractivity contribution in [2.75, 3.05) is 34.1 Å². The molecule has 1 N–H and O–H groups in total.